The minimum Gasteiger partial charge on any atom is -0.272 e. The molecule has 0 aliphatic rings. The maximum Gasteiger partial charge on any atom is 0.416 e. The van der Waals surface area contributed by atoms with Crippen LogP contribution in [-0.2, 0) is 16.2 Å². The molecule has 2 aromatic carbocycles. The first kappa shape index (κ1) is 18.8. The predicted octanol–water partition coefficient (Wildman–Crippen LogP) is 2.88. The van der Waals surface area contributed by atoms with E-state index in [-0.39, 0.29) is 5.69 Å². The Morgan fingerprint density at radius 3 is 2.44 bits per heavy atom. The summed E-state index contributed by atoms with van der Waals surface area (Å²) in [6.07, 6.45) is -4.69. The third-order valence-electron chi connectivity index (χ3n) is 3.60. The SMILES string of the molecule is O=C(NNS(=O)(=O)c1cccc(C(F)(F)F)c1)c1ccc2ccccc2n1. The molecule has 140 valence electrons. The Kier molecular flexibility index (Phi) is 4.85. The Labute approximate surface area is 152 Å². The van der Waals surface area contributed by atoms with Gasteiger partial charge in [0.25, 0.3) is 15.9 Å². The maximum absolute atomic E-state index is 12.7. The van der Waals surface area contributed by atoms with Crippen LogP contribution in [0.2, 0.25) is 0 Å². The number of hydrogen-bond acceptors (Lipinski definition) is 4. The first-order valence-corrected chi connectivity index (χ1v) is 9.00. The first-order chi connectivity index (χ1) is 12.7. The predicted molar refractivity (Wildman–Crippen MR) is 91.0 cm³/mol. The molecule has 6 nitrogen and oxygen atoms in total. The minimum atomic E-state index is -4.69. The standard InChI is InChI=1S/C17H12F3N3O3S/c18-17(19,20)12-5-3-6-13(10-12)27(25,26)23-22-16(24)15-9-8-11-4-1-2-7-14(11)21-15/h1-10,23H,(H,22,24). The van der Waals surface area contributed by atoms with Gasteiger partial charge in [-0.2, -0.15) is 13.2 Å². The van der Waals surface area contributed by atoms with Crippen molar-refractivity contribution in [3.8, 4) is 0 Å². The van der Waals surface area contributed by atoms with Crippen LogP contribution in [0.4, 0.5) is 13.2 Å². The summed E-state index contributed by atoms with van der Waals surface area (Å²) in [5, 5.41) is 0.790. The normalized spacial score (nSPS) is 12.1. The molecule has 0 saturated carbocycles. The monoisotopic (exact) mass is 395 g/mol. The Morgan fingerprint density at radius 1 is 0.963 bits per heavy atom. The molecule has 0 fully saturated rings. The van der Waals surface area contributed by atoms with Gasteiger partial charge in [0.05, 0.1) is 16.0 Å². The van der Waals surface area contributed by atoms with E-state index in [2.05, 4.69) is 4.98 Å². The van der Waals surface area contributed by atoms with Crippen molar-refractivity contribution >= 4 is 26.8 Å². The zero-order valence-corrected chi connectivity index (χ0v) is 14.3. The van der Waals surface area contributed by atoms with Gasteiger partial charge in [-0.25, -0.2) is 13.4 Å². The van der Waals surface area contributed by atoms with Crippen LogP contribution in [0.15, 0.2) is 65.6 Å². The first-order valence-electron chi connectivity index (χ1n) is 7.52. The number of fused-ring (bicyclic) bond motifs is 1. The summed E-state index contributed by atoms with van der Waals surface area (Å²) in [5.74, 6) is -0.851. The van der Waals surface area contributed by atoms with E-state index in [0.717, 1.165) is 23.6 Å². The Balaban J connectivity index is 1.77. The number of rotatable bonds is 4. The second-order valence-corrected chi connectivity index (χ2v) is 7.16. The maximum atomic E-state index is 12.7. The fraction of sp³-hybridized carbons (Fsp3) is 0.0588. The molecule has 0 aliphatic heterocycles. The number of pyridine rings is 1. The molecule has 0 saturated heterocycles. The summed E-state index contributed by atoms with van der Waals surface area (Å²) in [7, 11) is -4.40. The van der Waals surface area contributed by atoms with E-state index >= 15 is 0 Å². The highest BCUT2D eigenvalue weighted by Gasteiger charge is 2.31. The highest BCUT2D eigenvalue weighted by Crippen LogP contribution is 2.30. The Bertz CT molecular complexity index is 1110. The topological polar surface area (TPSA) is 88.2 Å². The summed E-state index contributed by atoms with van der Waals surface area (Å²) < 4.78 is 62.5. The number of nitrogens with zero attached hydrogens (tertiary/aromatic N) is 1. The van der Waals surface area contributed by atoms with Crippen molar-refractivity contribution in [2.75, 3.05) is 0 Å². The van der Waals surface area contributed by atoms with Gasteiger partial charge < -0.3 is 0 Å². The van der Waals surface area contributed by atoms with Gasteiger partial charge in [0.2, 0.25) is 0 Å². The molecule has 10 heteroatoms. The number of hydrazine groups is 1. The number of halogens is 3. The molecule has 1 aromatic heterocycles. The molecule has 0 unspecified atom stereocenters. The molecule has 27 heavy (non-hydrogen) atoms. The number of sulfonamides is 1. The Morgan fingerprint density at radius 2 is 1.70 bits per heavy atom. The fourth-order valence-electron chi connectivity index (χ4n) is 2.27. The van der Waals surface area contributed by atoms with Crippen LogP contribution in [-0.4, -0.2) is 19.3 Å². The van der Waals surface area contributed by atoms with Crippen LogP contribution in [0.5, 0.6) is 0 Å². The van der Waals surface area contributed by atoms with E-state index in [1.807, 2.05) is 5.43 Å². The van der Waals surface area contributed by atoms with Crippen LogP contribution in [0.3, 0.4) is 0 Å². The van der Waals surface area contributed by atoms with Crippen molar-refractivity contribution in [3.63, 3.8) is 0 Å². The van der Waals surface area contributed by atoms with Crippen molar-refractivity contribution in [2.24, 2.45) is 0 Å². The molecule has 0 atom stereocenters. The van der Waals surface area contributed by atoms with Gasteiger partial charge in [0.15, 0.2) is 0 Å². The van der Waals surface area contributed by atoms with E-state index < -0.39 is 32.6 Å². The largest absolute Gasteiger partial charge is 0.416 e. The van der Waals surface area contributed by atoms with Gasteiger partial charge in [0, 0.05) is 5.39 Å². The molecular formula is C17H12F3N3O3S. The molecular weight excluding hydrogens is 383 g/mol. The van der Waals surface area contributed by atoms with E-state index in [1.165, 1.54) is 6.07 Å². The third kappa shape index (κ3) is 4.23. The number of hydrogen-bond donors (Lipinski definition) is 2. The third-order valence-corrected chi connectivity index (χ3v) is 4.85. The van der Waals surface area contributed by atoms with E-state index in [0.29, 0.717) is 11.6 Å². The molecule has 3 aromatic rings. The average Bonchev–Trinajstić information content (AvgIpc) is 2.65. The van der Waals surface area contributed by atoms with E-state index in [1.54, 1.807) is 35.2 Å². The summed E-state index contributed by atoms with van der Waals surface area (Å²) in [6.45, 7) is 0. The molecule has 0 spiro atoms. The zero-order valence-electron chi connectivity index (χ0n) is 13.5. The second-order valence-electron chi connectivity index (χ2n) is 5.47. The molecule has 1 heterocycles. The summed E-state index contributed by atoms with van der Waals surface area (Å²) in [4.78, 5) is 17.3. The van der Waals surface area contributed by atoms with E-state index in [4.69, 9.17) is 0 Å². The van der Waals surface area contributed by atoms with Crippen LogP contribution in [0.1, 0.15) is 16.1 Å². The summed E-state index contributed by atoms with van der Waals surface area (Å²) in [6, 6.07) is 13.2. The van der Waals surface area contributed by atoms with Gasteiger partial charge in [-0.15, -0.1) is 4.83 Å². The Hall–Kier alpha value is -2.98. The smallest absolute Gasteiger partial charge is 0.272 e. The van der Waals surface area contributed by atoms with Crippen molar-refractivity contribution in [2.45, 2.75) is 11.1 Å². The average molecular weight is 395 g/mol. The van der Waals surface area contributed by atoms with Gasteiger partial charge in [-0.1, -0.05) is 30.3 Å². The van der Waals surface area contributed by atoms with Crippen molar-refractivity contribution in [3.05, 3.63) is 71.9 Å². The number of alkyl halides is 3. The minimum absolute atomic E-state index is 0.0551. The van der Waals surface area contributed by atoms with Crippen LogP contribution in [0, 0.1) is 0 Å². The molecule has 3 rings (SSSR count). The highest BCUT2D eigenvalue weighted by molar-refractivity contribution is 7.89. The number of nitrogens with one attached hydrogen (secondary N) is 2. The second kappa shape index (κ2) is 6.97. The lowest BCUT2D eigenvalue weighted by Crippen LogP contribution is -2.41. The molecule has 0 aliphatic carbocycles. The lowest BCUT2D eigenvalue weighted by molar-refractivity contribution is -0.137. The zero-order chi connectivity index (χ0) is 19.7. The van der Waals surface area contributed by atoms with Crippen LogP contribution >= 0.6 is 0 Å². The lowest BCUT2D eigenvalue weighted by Gasteiger charge is -2.11. The lowest BCUT2D eigenvalue weighted by atomic mass is 10.2. The van der Waals surface area contributed by atoms with Gasteiger partial charge in [-0.05, 0) is 30.3 Å². The number of para-hydroxylation sites is 1. The molecule has 1 amide bonds. The van der Waals surface area contributed by atoms with Gasteiger partial charge in [0.1, 0.15) is 5.69 Å². The summed E-state index contributed by atoms with van der Waals surface area (Å²) >= 11 is 0. The molecule has 0 bridgehead atoms. The van der Waals surface area contributed by atoms with Crippen LogP contribution in [0.25, 0.3) is 10.9 Å². The van der Waals surface area contributed by atoms with Gasteiger partial charge in [-0.3, -0.25) is 10.2 Å². The molecule has 2 N–H and O–H groups in total. The van der Waals surface area contributed by atoms with Crippen LogP contribution < -0.4 is 10.3 Å². The number of carbonyl (C=O) groups excluding carboxylic acids is 1. The van der Waals surface area contributed by atoms with Crippen molar-refractivity contribution in [1.29, 1.82) is 0 Å². The number of aromatic nitrogens is 1. The highest BCUT2D eigenvalue weighted by atomic mass is 32.2. The number of benzene rings is 2. The number of carbonyl (C=O) groups is 1. The number of amides is 1. The molecule has 0 radical (unpaired) electrons. The fourth-order valence-corrected chi connectivity index (χ4v) is 3.15. The quantitative estimate of drug-likeness (QED) is 0.665. The van der Waals surface area contributed by atoms with Crippen molar-refractivity contribution < 1.29 is 26.4 Å². The van der Waals surface area contributed by atoms with Crippen molar-refractivity contribution in [1.82, 2.24) is 15.2 Å². The van der Waals surface area contributed by atoms with E-state index in [9.17, 15) is 26.4 Å². The van der Waals surface area contributed by atoms with Gasteiger partial charge >= 0.3 is 6.18 Å². The summed E-state index contributed by atoms with van der Waals surface area (Å²) in [5.41, 5.74) is 1.30.